The van der Waals surface area contributed by atoms with Crippen LogP contribution in [0.1, 0.15) is 18.9 Å². The van der Waals surface area contributed by atoms with Gasteiger partial charge >= 0.3 is 0 Å². The highest BCUT2D eigenvalue weighted by Crippen LogP contribution is 2.31. The van der Waals surface area contributed by atoms with Crippen LogP contribution in [0, 0.1) is 5.92 Å². The first-order valence-corrected chi connectivity index (χ1v) is 7.60. The van der Waals surface area contributed by atoms with E-state index in [-0.39, 0.29) is 6.10 Å². The average molecular weight is 343 g/mol. The Morgan fingerprint density at radius 2 is 2.26 bits per heavy atom. The largest absolute Gasteiger partial charge is 0.389 e. The first-order valence-electron chi connectivity index (χ1n) is 6.40. The second-order valence-corrected chi connectivity index (χ2v) is 6.31. The number of nitrogens with zero attached hydrogens (tertiary/aromatic N) is 1. The maximum Gasteiger partial charge on any atom is 0.104 e. The molecule has 1 aliphatic heterocycles. The first kappa shape index (κ1) is 14.8. The molecule has 1 aromatic carbocycles. The van der Waals surface area contributed by atoms with Gasteiger partial charge in [-0.15, -0.1) is 0 Å². The molecule has 5 heteroatoms. The lowest BCUT2D eigenvalue weighted by Gasteiger charge is -2.38. The highest BCUT2D eigenvalue weighted by atomic mass is 79.9. The van der Waals surface area contributed by atoms with Crippen molar-refractivity contribution in [1.82, 2.24) is 0 Å². The van der Waals surface area contributed by atoms with Gasteiger partial charge in [0.05, 0.1) is 11.8 Å². The molecule has 2 atom stereocenters. The lowest BCUT2D eigenvalue weighted by Crippen LogP contribution is -2.44. The van der Waals surface area contributed by atoms with Gasteiger partial charge in [0.15, 0.2) is 0 Å². The van der Waals surface area contributed by atoms with Crippen LogP contribution in [-0.2, 0) is 4.74 Å². The average Bonchev–Trinajstić information content (AvgIpc) is 2.39. The van der Waals surface area contributed by atoms with E-state index in [0.29, 0.717) is 10.9 Å². The van der Waals surface area contributed by atoms with Crippen molar-refractivity contribution in [3.8, 4) is 0 Å². The zero-order valence-electron chi connectivity index (χ0n) is 11.2. The molecule has 0 spiro atoms. The number of halogens is 1. The van der Waals surface area contributed by atoms with Crippen LogP contribution in [0.2, 0.25) is 0 Å². The molecular weight excluding hydrogens is 324 g/mol. The summed E-state index contributed by atoms with van der Waals surface area (Å²) in [6.45, 7) is 4.21. The monoisotopic (exact) mass is 342 g/mol. The molecule has 0 bridgehead atoms. The van der Waals surface area contributed by atoms with Crippen molar-refractivity contribution in [3.05, 3.63) is 28.2 Å². The fourth-order valence-electron chi connectivity index (χ4n) is 2.48. The van der Waals surface area contributed by atoms with E-state index in [2.05, 4.69) is 33.8 Å². The van der Waals surface area contributed by atoms with Crippen LogP contribution in [0.5, 0.6) is 0 Å². The number of rotatable bonds is 3. The van der Waals surface area contributed by atoms with Crippen LogP contribution >= 0.6 is 28.1 Å². The van der Waals surface area contributed by atoms with Gasteiger partial charge in [0.1, 0.15) is 4.99 Å². The standard InChI is InChI=1S/C14H19BrN2OS/c1-9-5-6-17(8-13(9)18-2)12-4-3-10(14(16)19)7-11(12)15/h3-4,7,9,13H,5-6,8H2,1-2H3,(H2,16,19). The topological polar surface area (TPSA) is 38.5 Å². The maximum atomic E-state index is 5.65. The number of piperidine rings is 1. The van der Waals surface area contributed by atoms with E-state index in [1.807, 2.05) is 12.1 Å². The van der Waals surface area contributed by atoms with E-state index in [9.17, 15) is 0 Å². The molecule has 1 saturated heterocycles. The Morgan fingerprint density at radius 3 is 2.84 bits per heavy atom. The molecule has 0 saturated carbocycles. The molecule has 0 aromatic heterocycles. The minimum absolute atomic E-state index is 0.288. The summed E-state index contributed by atoms with van der Waals surface area (Å²) >= 11 is 8.61. The summed E-state index contributed by atoms with van der Waals surface area (Å²) in [5, 5.41) is 0. The Morgan fingerprint density at radius 1 is 1.53 bits per heavy atom. The molecular formula is C14H19BrN2OS. The maximum absolute atomic E-state index is 5.65. The minimum Gasteiger partial charge on any atom is -0.389 e. The highest BCUT2D eigenvalue weighted by molar-refractivity contribution is 9.10. The number of benzene rings is 1. The summed E-state index contributed by atoms with van der Waals surface area (Å²) in [6.07, 6.45) is 1.43. The third-order valence-corrected chi connectivity index (χ3v) is 4.64. The van der Waals surface area contributed by atoms with Crippen LogP contribution in [-0.4, -0.2) is 31.3 Å². The summed E-state index contributed by atoms with van der Waals surface area (Å²) in [4.78, 5) is 2.77. The van der Waals surface area contributed by atoms with Crippen molar-refractivity contribution in [1.29, 1.82) is 0 Å². The summed E-state index contributed by atoms with van der Waals surface area (Å²) < 4.78 is 6.59. The number of ether oxygens (including phenoxy) is 1. The van der Waals surface area contributed by atoms with Crippen LogP contribution in [0.3, 0.4) is 0 Å². The number of nitrogens with two attached hydrogens (primary N) is 1. The van der Waals surface area contributed by atoms with Gasteiger partial charge in [-0.25, -0.2) is 0 Å². The van der Waals surface area contributed by atoms with Gasteiger partial charge in [-0.1, -0.05) is 19.1 Å². The van der Waals surface area contributed by atoms with E-state index < -0.39 is 0 Å². The number of anilines is 1. The predicted octanol–water partition coefficient (Wildman–Crippen LogP) is 2.94. The second kappa shape index (κ2) is 6.20. The summed E-state index contributed by atoms with van der Waals surface area (Å²) in [5.41, 5.74) is 7.71. The molecule has 1 aliphatic rings. The Labute approximate surface area is 128 Å². The quantitative estimate of drug-likeness (QED) is 0.857. The fourth-order valence-corrected chi connectivity index (χ4v) is 3.23. The molecule has 0 aliphatic carbocycles. The summed E-state index contributed by atoms with van der Waals surface area (Å²) in [5.74, 6) is 0.607. The number of thiocarbonyl (C=S) groups is 1. The van der Waals surface area contributed by atoms with E-state index in [1.165, 1.54) is 5.69 Å². The van der Waals surface area contributed by atoms with Crippen LogP contribution in [0.4, 0.5) is 5.69 Å². The van der Waals surface area contributed by atoms with Crippen molar-refractivity contribution < 1.29 is 4.74 Å². The van der Waals surface area contributed by atoms with Crippen LogP contribution in [0.15, 0.2) is 22.7 Å². The number of hydrogen-bond donors (Lipinski definition) is 1. The van der Waals surface area contributed by atoms with Gasteiger partial charge in [-0.2, -0.15) is 0 Å². The Hall–Kier alpha value is -0.650. The molecule has 2 N–H and O–H groups in total. The molecule has 2 unspecified atom stereocenters. The van der Waals surface area contributed by atoms with Gasteiger partial charge in [-0.05, 0) is 46.5 Å². The Bertz CT molecular complexity index is 481. The molecule has 19 heavy (non-hydrogen) atoms. The van der Waals surface area contributed by atoms with Crippen molar-refractivity contribution in [2.45, 2.75) is 19.4 Å². The normalized spacial score (nSPS) is 23.4. The van der Waals surface area contributed by atoms with E-state index >= 15 is 0 Å². The molecule has 2 rings (SSSR count). The Balaban J connectivity index is 2.20. The van der Waals surface area contributed by atoms with Gasteiger partial charge in [0, 0.05) is 30.2 Å². The van der Waals surface area contributed by atoms with Gasteiger partial charge in [-0.3, -0.25) is 0 Å². The lowest BCUT2D eigenvalue weighted by atomic mass is 9.95. The van der Waals surface area contributed by atoms with Gasteiger partial charge in [0.2, 0.25) is 0 Å². The predicted molar refractivity (Wildman–Crippen MR) is 86.8 cm³/mol. The fraction of sp³-hybridized carbons (Fsp3) is 0.500. The van der Waals surface area contributed by atoms with Crippen molar-refractivity contribution >= 4 is 38.8 Å². The van der Waals surface area contributed by atoms with E-state index in [1.54, 1.807) is 7.11 Å². The Kier molecular flexibility index (Phi) is 4.81. The summed E-state index contributed by atoms with van der Waals surface area (Å²) in [6, 6.07) is 6.03. The summed E-state index contributed by atoms with van der Waals surface area (Å²) in [7, 11) is 1.79. The molecule has 1 heterocycles. The van der Waals surface area contributed by atoms with Gasteiger partial charge in [0.25, 0.3) is 0 Å². The minimum atomic E-state index is 0.288. The molecule has 0 amide bonds. The highest BCUT2D eigenvalue weighted by Gasteiger charge is 2.27. The van der Waals surface area contributed by atoms with Crippen molar-refractivity contribution in [2.24, 2.45) is 11.7 Å². The van der Waals surface area contributed by atoms with Crippen molar-refractivity contribution in [2.75, 3.05) is 25.1 Å². The van der Waals surface area contributed by atoms with Gasteiger partial charge < -0.3 is 15.4 Å². The van der Waals surface area contributed by atoms with E-state index in [0.717, 1.165) is 29.5 Å². The molecule has 1 fully saturated rings. The van der Waals surface area contributed by atoms with E-state index in [4.69, 9.17) is 22.7 Å². The number of hydrogen-bond acceptors (Lipinski definition) is 3. The number of methoxy groups -OCH3 is 1. The zero-order chi connectivity index (χ0) is 14.0. The smallest absolute Gasteiger partial charge is 0.104 e. The molecule has 104 valence electrons. The third kappa shape index (κ3) is 3.27. The van der Waals surface area contributed by atoms with Crippen LogP contribution in [0.25, 0.3) is 0 Å². The second-order valence-electron chi connectivity index (χ2n) is 5.02. The van der Waals surface area contributed by atoms with Crippen LogP contribution < -0.4 is 10.6 Å². The SMILES string of the molecule is COC1CN(c2ccc(C(N)=S)cc2Br)CCC1C. The lowest BCUT2D eigenvalue weighted by molar-refractivity contribution is 0.0498. The first-order chi connectivity index (χ1) is 9.02. The third-order valence-electron chi connectivity index (χ3n) is 3.77. The molecule has 0 radical (unpaired) electrons. The molecule has 1 aromatic rings. The molecule has 3 nitrogen and oxygen atoms in total. The van der Waals surface area contributed by atoms with Crippen molar-refractivity contribution in [3.63, 3.8) is 0 Å². The zero-order valence-corrected chi connectivity index (χ0v) is 13.6.